The number of amides is 1. The summed E-state index contributed by atoms with van der Waals surface area (Å²) in [7, 11) is 1.60. The van der Waals surface area contributed by atoms with Crippen molar-refractivity contribution in [3.63, 3.8) is 0 Å². The van der Waals surface area contributed by atoms with Gasteiger partial charge in [-0.25, -0.2) is 9.78 Å². The Kier molecular flexibility index (Phi) is 4.90. The molecule has 1 aromatic heterocycles. The third kappa shape index (κ3) is 3.78. The van der Waals surface area contributed by atoms with Crippen LogP contribution in [0.15, 0.2) is 18.3 Å². The highest BCUT2D eigenvalue weighted by Crippen LogP contribution is 2.35. The lowest BCUT2D eigenvalue weighted by Gasteiger charge is -2.29. The number of rotatable bonds is 7. The van der Waals surface area contributed by atoms with Crippen LogP contribution in [0.1, 0.15) is 40.6 Å². The molecule has 1 unspecified atom stereocenters. The molecule has 6 heteroatoms. The summed E-state index contributed by atoms with van der Waals surface area (Å²) in [5.74, 6) is -0.772. The van der Waals surface area contributed by atoms with Crippen molar-refractivity contribution in [2.45, 2.75) is 25.8 Å². The second-order valence-electron chi connectivity index (χ2n) is 5.30. The smallest absolute Gasteiger partial charge is 0.354 e. The summed E-state index contributed by atoms with van der Waals surface area (Å²) in [6, 6.07) is 3.01. The molecule has 0 aromatic carbocycles. The Hall–Kier alpha value is -1.95. The van der Waals surface area contributed by atoms with Crippen molar-refractivity contribution in [1.82, 2.24) is 9.88 Å². The lowest BCUT2D eigenvalue weighted by Crippen LogP contribution is -2.42. The number of hydrogen-bond donors (Lipinski definition) is 1. The molecule has 1 fully saturated rings. The van der Waals surface area contributed by atoms with E-state index in [-0.39, 0.29) is 17.6 Å². The molecule has 2 rings (SSSR count). The van der Waals surface area contributed by atoms with E-state index in [1.165, 1.54) is 12.3 Å². The number of nitrogens with zero attached hydrogens (tertiary/aromatic N) is 2. The number of carbonyl (C=O) groups excluding carboxylic acids is 1. The molecule has 6 nitrogen and oxygen atoms in total. The van der Waals surface area contributed by atoms with Crippen LogP contribution in [-0.2, 0) is 4.74 Å². The first-order valence-corrected chi connectivity index (χ1v) is 7.04. The number of methoxy groups -OCH3 is 1. The first kappa shape index (κ1) is 15.4. The Morgan fingerprint density at radius 3 is 2.81 bits per heavy atom. The number of carboxylic acids is 1. The van der Waals surface area contributed by atoms with Crippen molar-refractivity contribution in [1.29, 1.82) is 0 Å². The van der Waals surface area contributed by atoms with E-state index in [4.69, 9.17) is 9.84 Å². The Morgan fingerprint density at radius 2 is 2.24 bits per heavy atom. The van der Waals surface area contributed by atoms with Gasteiger partial charge in [-0.15, -0.1) is 0 Å². The van der Waals surface area contributed by atoms with E-state index in [9.17, 15) is 9.59 Å². The molecule has 1 heterocycles. The third-order valence-electron chi connectivity index (χ3n) is 3.82. The second kappa shape index (κ2) is 6.67. The van der Waals surface area contributed by atoms with Gasteiger partial charge in [0.25, 0.3) is 5.91 Å². The van der Waals surface area contributed by atoms with Crippen molar-refractivity contribution < 1.29 is 19.4 Å². The summed E-state index contributed by atoms with van der Waals surface area (Å²) in [6.45, 7) is 2.99. The van der Waals surface area contributed by atoms with Crippen LogP contribution in [0.5, 0.6) is 0 Å². The summed E-state index contributed by atoms with van der Waals surface area (Å²) >= 11 is 0. The lowest BCUT2D eigenvalue weighted by molar-refractivity contribution is 0.0594. The number of carbonyl (C=O) groups is 2. The van der Waals surface area contributed by atoms with Crippen molar-refractivity contribution in [3.8, 4) is 0 Å². The van der Waals surface area contributed by atoms with Crippen LogP contribution in [0, 0.1) is 5.92 Å². The summed E-state index contributed by atoms with van der Waals surface area (Å²) in [5.41, 5.74) is 0.234. The highest BCUT2D eigenvalue weighted by molar-refractivity contribution is 5.96. The quantitative estimate of drug-likeness (QED) is 0.827. The maximum atomic E-state index is 12.6. The Balaban J connectivity index is 2.19. The average Bonchev–Trinajstić information content (AvgIpc) is 3.32. The fourth-order valence-electron chi connectivity index (χ4n) is 2.36. The van der Waals surface area contributed by atoms with Gasteiger partial charge in [0.15, 0.2) is 0 Å². The molecule has 1 saturated carbocycles. The van der Waals surface area contributed by atoms with Gasteiger partial charge in [0.05, 0.1) is 6.61 Å². The zero-order valence-corrected chi connectivity index (χ0v) is 12.3. The van der Waals surface area contributed by atoms with E-state index in [0.29, 0.717) is 24.6 Å². The van der Waals surface area contributed by atoms with Crippen LogP contribution >= 0.6 is 0 Å². The molecule has 1 aliphatic rings. The summed E-state index contributed by atoms with van der Waals surface area (Å²) < 4.78 is 5.07. The fraction of sp³-hybridized carbons (Fsp3) is 0.533. The monoisotopic (exact) mass is 292 g/mol. The minimum absolute atomic E-state index is 0.119. The van der Waals surface area contributed by atoms with Crippen LogP contribution in [-0.4, -0.2) is 53.2 Å². The highest BCUT2D eigenvalue weighted by Gasteiger charge is 2.34. The minimum atomic E-state index is -1.14. The van der Waals surface area contributed by atoms with E-state index >= 15 is 0 Å². The van der Waals surface area contributed by atoms with E-state index in [0.717, 1.165) is 12.8 Å². The van der Waals surface area contributed by atoms with Gasteiger partial charge in [-0.1, -0.05) is 0 Å². The first-order valence-electron chi connectivity index (χ1n) is 7.04. The molecule has 1 aliphatic carbocycles. The van der Waals surface area contributed by atoms with Crippen LogP contribution < -0.4 is 0 Å². The molecule has 21 heavy (non-hydrogen) atoms. The lowest BCUT2D eigenvalue weighted by atomic mass is 10.1. The summed E-state index contributed by atoms with van der Waals surface area (Å²) in [4.78, 5) is 29.1. The number of aromatic carboxylic acids is 1. The van der Waals surface area contributed by atoms with Gasteiger partial charge in [-0.05, 0) is 37.8 Å². The number of ether oxygens (including phenoxy) is 1. The molecule has 114 valence electrons. The van der Waals surface area contributed by atoms with Gasteiger partial charge in [-0.3, -0.25) is 4.79 Å². The Morgan fingerprint density at radius 1 is 1.52 bits per heavy atom. The summed E-state index contributed by atoms with van der Waals surface area (Å²) in [6.07, 6.45) is 3.62. The van der Waals surface area contributed by atoms with Crippen molar-refractivity contribution in [2.24, 2.45) is 5.92 Å². The largest absolute Gasteiger partial charge is 0.477 e. The molecule has 1 N–H and O–H groups in total. The van der Waals surface area contributed by atoms with Gasteiger partial charge in [0.1, 0.15) is 5.69 Å². The zero-order valence-electron chi connectivity index (χ0n) is 12.3. The molecule has 1 aromatic rings. The molecule has 1 amide bonds. The molecule has 0 bridgehead atoms. The van der Waals surface area contributed by atoms with Crippen molar-refractivity contribution in [3.05, 3.63) is 29.6 Å². The van der Waals surface area contributed by atoms with E-state index in [1.807, 2.05) is 6.92 Å². The number of hydrogen-bond acceptors (Lipinski definition) is 4. The van der Waals surface area contributed by atoms with E-state index < -0.39 is 5.97 Å². The molecule has 0 radical (unpaired) electrons. The van der Waals surface area contributed by atoms with Crippen molar-refractivity contribution >= 4 is 11.9 Å². The molecule has 1 atom stereocenters. The topological polar surface area (TPSA) is 79.7 Å². The predicted molar refractivity (Wildman–Crippen MR) is 76.3 cm³/mol. The molecule has 0 saturated heterocycles. The zero-order chi connectivity index (χ0) is 15.4. The van der Waals surface area contributed by atoms with Crippen molar-refractivity contribution in [2.75, 3.05) is 20.3 Å². The fourth-order valence-corrected chi connectivity index (χ4v) is 2.36. The normalized spacial score (nSPS) is 15.5. The SMILES string of the molecule is COCCN(C(=O)c1ccnc(C(=O)O)c1)C(C)C1CC1. The average molecular weight is 292 g/mol. The van der Waals surface area contributed by atoms with Crippen LogP contribution in [0.25, 0.3) is 0 Å². The maximum Gasteiger partial charge on any atom is 0.354 e. The highest BCUT2D eigenvalue weighted by atomic mass is 16.5. The standard InChI is InChI=1S/C15H20N2O4/c1-10(11-3-4-11)17(7-8-21-2)14(18)12-5-6-16-13(9-12)15(19)20/h5-6,9-11H,3-4,7-8H2,1-2H3,(H,19,20). The molecular formula is C15H20N2O4. The van der Waals surface area contributed by atoms with Gasteiger partial charge in [-0.2, -0.15) is 0 Å². The number of pyridine rings is 1. The molecule has 0 aliphatic heterocycles. The second-order valence-corrected chi connectivity index (χ2v) is 5.30. The predicted octanol–water partition coefficient (Wildman–Crippen LogP) is 1.67. The van der Waals surface area contributed by atoms with Gasteiger partial charge < -0.3 is 14.7 Å². The Bertz CT molecular complexity index is 528. The van der Waals surface area contributed by atoms with Gasteiger partial charge >= 0.3 is 5.97 Å². The van der Waals surface area contributed by atoms with E-state index in [1.54, 1.807) is 18.1 Å². The molecular weight excluding hydrogens is 272 g/mol. The van der Waals surface area contributed by atoms with Crippen LogP contribution in [0.2, 0.25) is 0 Å². The molecule has 0 spiro atoms. The third-order valence-corrected chi connectivity index (χ3v) is 3.82. The van der Waals surface area contributed by atoms with Gasteiger partial charge in [0, 0.05) is 31.5 Å². The maximum absolute atomic E-state index is 12.6. The van der Waals surface area contributed by atoms with E-state index in [2.05, 4.69) is 4.98 Å². The Labute approximate surface area is 123 Å². The van der Waals surface area contributed by atoms with Crippen LogP contribution in [0.3, 0.4) is 0 Å². The summed E-state index contributed by atoms with van der Waals surface area (Å²) in [5, 5.41) is 8.97. The van der Waals surface area contributed by atoms with Gasteiger partial charge in [0.2, 0.25) is 0 Å². The first-order chi connectivity index (χ1) is 10.0. The van der Waals surface area contributed by atoms with Crippen LogP contribution in [0.4, 0.5) is 0 Å². The number of aromatic nitrogens is 1. The minimum Gasteiger partial charge on any atom is -0.477 e. The number of carboxylic acid groups (broad SMARTS) is 1.